The first-order chi connectivity index (χ1) is 25.0. The molecule has 4 fully saturated rings. The van der Waals surface area contributed by atoms with Gasteiger partial charge in [-0.15, -0.1) is 0 Å². The van der Waals surface area contributed by atoms with Gasteiger partial charge in [-0.2, -0.15) is 0 Å². The Morgan fingerprint density at radius 3 is 2.13 bits per heavy atom. The number of aliphatic hydroxyl groups excluding tert-OH is 1. The fourth-order valence-electron chi connectivity index (χ4n) is 9.78. The summed E-state index contributed by atoms with van der Waals surface area (Å²) in [6.45, 7) is 35.5. The minimum Gasteiger partial charge on any atom is -0.413 e. The van der Waals surface area contributed by atoms with Gasteiger partial charge in [0.1, 0.15) is 0 Å². The minimum absolute atomic E-state index is 0.00876. The lowest BCUT2D eigenvalue weighted by molar-refractivity contribution is 0.0969. The monoisotopic (exact) mass is 773 g/mol. The van der Waals surface area contributed by atoms with Gasteiger partial charge in [-0.05, 0) is 146 Å². The molecule has 0 saturated heterocycles. The van der Waals surface area contributed by atoms with Crippen LogP contribution >= 0.6 is 0 Å². The summed E-state index contributed by atoms with van der Waals surface area (Å²) >= 11 is 0. The summed E-state index contributed by atoms with van der Waals surface area (Å²) < 4.78 is 14.3. The first kappa shape index (κ1) is 43.6. The molecule has 1 aromatic rings. The molecule has 0 heterocycles. The highest BCUT2D eigenvalue weighted by Crippen LogP contribution is 2.60. The molecule has 0 aliphatic heterocycles. The molecule has 0 spiro atoms. The largest absolute Gasteiger partial charge is 0.413 e. The molecule has 0 aromatic heterocycles. The number of fused-ring (bicyclic) bond motifs is 1. The van der Waals surface area contributed by atoms with Gasteiger partial charge < -0.3 is 14.0 Å². The van der Waals surface area contributed by atoms with E-state index in [9.17, 15) is 5.11 Å². The van der Waals surface area contributed by atoms with Crippen molar-refractivity contribution in [3.05, 3.63) is 83.0 Å². The van der Waals surface area contributed by atoms with Crippen LogP contribution in [0, 0.1) is 23.2 Å². The summed E-state index contributed by atoms with van der Waals surface area (Å²) in [4.78, 5) is 0. The van der Waals surface area contributed by atoms with Crippen LogP contribution in [0.1, 0.15) is 144 Å². The topological polar surface area (TPSA) is 38.7 Å². The summed E-state index contributed by atoms with van der Waals surface area (Å²) in [7, 11) is -3.96. The number of hydrogen-bond donors (Lipinski definition) is 1. The van der Waals surface area contributed by atoms with E-state index in [2.05, 4.69) is 137 Å². The maximum absolute atomic E-state index is 11.6. The minimum atomic E-state index is -2.00. The number of aryl methyl sites for hydroxylation is 1. The van der Waals surface area contributed by atoms with Gasteiger partial charge in [-0.1, -0.05) is 129 Å². The Hall–Kier alpha value is -1.51. The van der Waals surface area contributed by atoms with E-state index < -0.39 is 22.7 Å². The quantitative estimate of drug-likeness (QED) is 0.160. The number of aliphatic hydroxyl groups is 1. The summed E-state index contributed by atoms with van der Waals surface area (Å²) in [6.07, 6.45) is 23.1. The molecule has 0 bridgehead atoms. The van der Waals surface area contributed by atoms with E-state index in [1.54, 1.807) is 5.57 Å². The van der Waals surface area contributed by atoms with E-state index in [1.807, 2.05) is 0 Å². The highest BCUT2D eigenvalue weighted by Gasteiger charge is 2.52. The maximum atomic E-state index is 11.6. The van der Waals surface area contributed by atoms with Crippen molar-refractivity contribution in [2.24, 2.45) is 23.2 Å². The third kappa shape index (κ3) is 9.27. The van der Waals surface area contributed by atoms with Crippen molar-refractivity contribution in [3.63, 3.8) is 0 Å². The van der Waals surface area contributed by atoms with Gasteiger partial charge in [0, 0.05) is 11.8 Å². The standard InChI is InChI=1S/C49H80O3Si2/c1-15-16-18-37-21-25-40(26-22-37)49(31-32-49)45(50)29-20-35(2)42-27-28-43-38(19-17-30-48(42,43)10)23-24-39-33-41(51-53(11,12)46(4,5)6)34-44(36(39)3)52-54(13,14)47(7,8)9/h20-26,29,35,41-45,50H,3,15-19,27-28,30-34H2,1-2,4-14H3/t35-,41-,42-,43+,44+,45+,48-/m1/s1. The second-order valence-corrected chi connectivity index (χ2v) is 31.0. The van der Waals surface area contributed by atoms with Crippen LogP contribution < -0.4 is 0 Å². The zero-order valence-corrected chi connectivity index (χ0v) is 39.0. The Labute approximate surface area is 334 Å². The van der Waals surface area contributed by atoms with E-state index in [1.165, 1.54) is 67.2 Å². The smallest absolute Gasteiger partial charge is 0.192 e. The van der Waals surface area contributed by atoms with Crippen molar-refractivity contribution >= 4 is 16.6 Å². The number of hydrogen-bond acceptors (Lipinski definition) is 3. The SMILES string of the molecule is C=C1C(=CC=C2CCC[C@]3(C)[C@@H]([C@H](C)C=C[C@H](O)C4(c5ccc(CCCC)cc5)CC4)CC[C@@H]23)C[C@@H](O[Si](C)(C)C(C)(C)C)C[C@@H]1O[Si](C)(C)C(C)(C)C. The van der Waals surface area contributed by atoms with Crippen LogP contribution in [0.4, 0.5) is 0 Å². The molecule has 54 heavy (non-hydrogen) atoms. The Morgan fingerprint density at radius 2 is 1.54 bits per heavy atom. The predicted octanol–water partition coefficient (Wildman–Crippen LogP) is 13.8. The Kier molecular flexibility index (Phi) is 13.2. The molecule has 302 valence electrons. The number of benzene rings is 1. The molecule has 5 rings (SSSR count). The van der Waals surface area contributed by atoms with E-state index in [0.29, 0.717) is 17.8 Å². The van der Waals surface area contributed by atoms with E-state index >= 15 is 0 Å². The molecule has 0 amide bonds. The molecule has 5 heteroatoms. The van der Waals surface area contributed by atoms with Crippen molar-refractivity contribution in [1.82, 2.24) is 0 Å². The van der Waals surface area contributed by atoms with Crippen molar-refractivity contribution < 1.29 is 14.0 Å². The molecule has 4 aliphatic carbocycles. The van der Waals surface area contributed by atoms with Gasteiger partial charge in [0.2, 0.25) is 0 Å². The number of rotatable bonds is 13. The van der Waals surface area contributed by atoms with Crippen LogP contribution in [-0.4, -0.2) is 40.1 Å². The number of unbranched alkanes of at least 4 members (excludes halogenated alkanes) is 1. The van der Waals surface area contributed by atoms with Gasteiger partial charge in [0.25, 0.3) is 0 Å². The fourth-order valence-corrected chi connectivity index (χ4v) is 12.5. The second-order valence-electron chi connectivity index (χ2n) is 21.5. The molecule has 4 aliphatic rings. The van der Waals surface area contributed by atoms with Crippen molar-refractivity contribution in [2.75, 3.05) is 0 Å². The third-order valence-corrected chi connectivity index (χ3v) is 24.7. The van der Waals surface area contributed by atoms with Gasteiger partial charge in [-0.25, -0.2) is 0 Å². The van der Waals surface area contributed by atoms with E-state index in [-0.39, 0.29) is 33.1 Å². The van der Waals surface area contributed by atoms with Crippen molar-refractivity contribution in [3.8, 4) is 0 Å². The maximum Gasteiger partial charge on any atom is 0.192 e. The lowest BCUT2D eigenvalue weighted by atomic mass is 9.61. The molecule has 4 saturated carbocycles. The van der Waals surface area contributed by atoms with Crippen LogP contribution in [0.2, 0.25) is 36.3 Å². The molecule has 1 N–H and O–H groups in total. The lowest BCUT2D eigenvalue weighted by Crippen LogP contribution is -2.49. The summed E-state index contributed by atoms with van der Waals surface area (Å²) in [5, 5.41) is 11.9. The van der Waals surface area contributed by atoms with Crippen LogP contribution in [-0.2, 0) is 20.7 Å². The molecule has 0 unspecified atom stereocenters. The summed E-state index contributed by atoms with van der Waals surface area (Å²) in [5.41, 5.74) is 7.06. The molecule has 7 atom stereocenters. The van der Waals surface area contributed by atoms with E-state index in [4.69, 9.17) is 15.4 Å². The molecule has 3 nitrogen and oxygen atoms in total. The van der Waals surface area contributed by atoms with Crippen LogP contribution in [0.15, 0.2) is 71.9 Å². The zero-order chi connectivity index (χ0) is 39.9. The van der Waals surface area contributed by atoms with E-state index in [0.717, 1.165) is 32.1 Å². The first-order valence-corrected chi connectivity index (χ1v) is 27.8. The van der Waals surface area contributed by atoms with Gasteiger partial charge in [-0.3, -0.25) is 0 Å². The summed E-state index contributed by atoms with van der Waals surface area (Å²) in [5.74, 6) is 1.69. The summed E-state index contributed by atoms with van der Waals surface area (Å²) in [6, 6.07) is 9.16. The van der Waals surface area contributed by atoms with Crippen LogP contribution in [0.3, 0.4) is 0 Å². The lowest BCUT2D eigenvalue weighted by Gasteiger charge is -2.45. The van der Waals surface area contributed by atoms with Gasteiger partial charge in [0.05, 0.1) is 18.3 Å². The van der Waals surface area contributed by atoms with Gasteiger partial charge in [0.15, 0.2) is 16.6 Å². The highest BCUT2D eigenvalue weighted by atomic mass is 28.4. The fraction of sp³-hybridized carbons (Fsp3) is 0.714. The normalized spacial score (nSPS) is 30.6. The molecule has 0 radical (unpaired) electrons. The average molecular weight is 773 g/mol. The Balaban J connectivity index is 1.32. The molecule has 1 aromatic carbocycles. The second kappa shape index (κ2) is 16.4. The Morgan fingerprint density at radius 1 is 0.907 bits per heavy atom. The van der Waals surface area contributed by atoms with Gasteiger partial charge >= 0.3 is 0 Å². The van der Waals surface area contributed by atoms with Crippen LogP contribution in [0.25, 0.3) is 0 Å². The Bertz CT molecular complexity index is 1550. The predicted molar refractivity (Wildman–Crippen MR) is 237 cm³/mol. The number of allylic oxidation sites excluding steroid dienone is 4. The average Bonchev–Trinajstić information content (AvgIpc) is 3.81. The van der Waals surface area contributed by atoms with Crippen LogP contribution in [0.5, 0.6) is 0 Å². The molecular weight excluding hydrogens is 693 g/mol. The third-order valence-electron chi connectivity index (χ3n) is 15.7. The zero-order valence-electron chi connectivity index (χ0n) is 37.0. The van der Waals surface area contributed by atoms with Crippen molar-refractivity contribution in [2.45, 2.75) is 199 Å². The van der Waals surface area contributed by atoms with Crippen molar-refractivity contribution in [1.29, 1.82) is 0 Å². The highest BCUT2D eigenvalue weighted by molar-refractivity contribution is 6.74. The first-order valence-electron chi connectivity index (χ1n) is 21.9. The molecular formula is C49H80O3Si2.